The highest BCUT2D eigenvalue weighted by Crippen LogP contribution is 2.40. The number of aromatic nitrogens is 5. The molecular weight excluding hydrogens is 1130 g/mol. The maximum Gasteiger partial charge on any atom is 0.246 e. The van der Waals surface area contributed by atoms with Crippen molar-refractivity contribution in [3.8, 4) is 38.8 Å². The van der Waals surface area contributed by atoms with Crippen LogP contribution in [-0.2, 0) is 61.4 Å². The number of anilines is 1. The topological polar surface area (TPSA) is 283 Å². The average molecular weight is 1210 g/mol. The molecule has 1 saturated heterocycles. The number of pyridine rings is 2. The Morgan fingerprint density at radius 3 is 2.05 bits per heavy atom. The van der Waals surface area contributed by atoms with E-state index < -0.39 is 29.5 Å². The Morgan fingerprint density at radius 1 is 0.759 bits per heavy atom. The Kier molecular flexibility index (Phi) is 22.3. The summed E-state index contributed by atoms with van der Waals surface area (Å²) in [7, 11) is 0. The molecule has 1 saturated carbocycles. The molecule has 1 aliphatic carbocycles. The average Bonchev–Trinajstić information content (AvgIpc) is 1.89. The summed E-state index contributed by atoms with van der Waals surface area (Å²) < 4.78 is 30.1. The van der Waals surface area contributed by atoms with E-state index in [1.165, 1.54) is 4.90 Å². The van der Waals surface area contributed by atoms with Crippen LogP contribution < -0.4 is 27.4 Å². The van der Waals surface area contributed by atoms with E-state index in [-0.39, 0.29) is 75.4 Å². The minimum atomic E-state index is -0.938. The molecule has 21 nitrogen and oxygen atoms in total. The normalized spacial score (nSPS) is 16.0. The molecule has 22 heteroatoms. The summed E-state index contributed by atoms with van der Waals surface area (Å²) in [6.45, 7) is 11.3. The first-order valence-electron chi connectivity index (χ1n) is 29.8. The molecule has 0 bridgehead atoms. The maximum absolute atomic E-state index is 14.0. The molecule has 1 aliphatic heterocycles. The summed E-state index contributed by atoms with van der Waals surface area (Å²) in [5.41, 5.74) is 23.7. The number of hydrogen-bond donors (Lipinski definition) is 6. The lowest BCUT2D eigenvalue weighted by Crippen LogP contribution is -2.57. The second-order valence-corrected chi connectivity index (χ2v) is 24.0. The van der Waals surface area contributed by atoms with Crippen molar-refractivity contribution in [3.63, 3.8) is 0 Å². The highest BCUT2D eigenvalue weighted by molar-refractivity contribution is 7.13. The number of nitrogen functional groups attached to an aromatic ring is 1. The number of hydrogen-bond acceptors (Lipinski definition) is 17. The Morgan fingerprint density at radius 2 is 1.43 bits per heavy atom. The number of nitrogens with one attached hydrogen (secondary N) is 3. The number of fused-ring (bicyclic) bond motifs is 1. The Labute approximate surface area is 511 Å². The Bertz CT molecular complexity index is 3420. The molecule has 8 N–H and O–H groups in total. The van der Waals surface area contributed by atoms with Crippen LogP contribution >= 0.6 is 11.3 Å². The molecule has 4 amide bonds. The van der Waals surface area contributed by atoms with Gasteiger partial charge in [0.25, 0.3) is 0 Å². The van der Waals surface area contributed by atoms with E-state index in [9.17, 15) is 24.3 Å². The summed E-state index contributed by atoms with van der Waals surface area (Å²) in [5.74, 6) is -0.237. The standard InChI is InChI=1S/C65H81N11O10S/c1-43-57(87-42-71-43)46-13-11-45(12-14-46)40-70-62(80)54-39-50(77)41-75(54)63(81)58(64(2,3)4)74-56(79)23-29-83-31-33-85-35-37-86-36-34-84-32-30-82-28-22-55(78)68-27-21-44-8-5-9-47(38-44)52-19-20-53-61(72-52)76(60(73-53)51-10-6-26-69-59(51)66)49-17-15-48(16-18-49)65(67)24-7-25-65/h5-6,8-20,26,38,42,50,54,58,77H,7,21-25,27-37,39-41,67H2,1-4H3,(H2,66,69)(H,68,78)(H,70,80)(H,74,79)/t50-,54+,58?/m1/s1. The quantitative estimate of drug-likeness (QED) is 0.0243. The first kappa shape index (κ1) is 63.9. The van der Waals surface area contributed by atoms with E-state index in [0.717, 1.165) is 74.5 Å². The van der Waals surface area contributed by atoms with E-state index >= 15 is 0 Å². The van der Waals surface area contributed by atoms with Gasteiger partial charge in [-0.3, -0.25) is 23.7 Å². The molecule has 1 unspecified atom stereocenters. The van der Waals surface area contributed by atoms with Gasteiger partial charge in [-0.2, -0.15) is 0 Å². The number of carbonyl (C=O) groups is 4. The third-order valence-corrected chi connectivity index (χ3v) is 16.6. The summed E-state index contributed by atoms with van der Waals surface area (Å²) in [4.78, 5) is 74.4. The van der Waals surface area contributed by atoms with Gasteiger partial charge in [-0.1, -0.05) is 75.4 Å². The van der Waals surface area contributed by atoms with Gasteiger partial charge < -0.3 is 61.1 Å². The molecule has 4 aromatic heterocycles. The maximum atomic E-state index is 14.0. The Hall–Kier alpha value is -7.54. The van der Waals surface area contributed by atoms with Crippen molar-refractivity contribution in [1.82, 2.24) is 45.4 Å². The number of carbonyl (C=O) groups excluding carboxylic acids is 4. The van der Waals surface area contributed by atoms with E-state index in [2.05, 4.69) is 56.3 Å². The van der Waals surface area contributed by atoms with E-state index in [0.29, 0.717) is 82.1 Å². The van der Waals surface area contributed by atoms with Crippen molar-refractivity contribution in [2.45, 2.75) is 103 Å². The van der Waals surface area contributed by atoms with Gasteiger partial charge in [0, 0.05) is 61.9 Å². The molecule has 2 fully saturated rings. The largest absolute Gasteiger partial charge is 0.391 e. The lowest BCUT2D eigenvalue weighted by molar-refractivity contribution is -0.144. The summed E-state index contributed by atoms with van der Waals surface area (Å²) in [6.07, 6.45) is 4.85. The molecule has 3 aromatic carbocycles. The van der Waals surface area contributed by atoms with Gasteiger partial charge in [0.05, 0.1) is 99.5 Å². The molecule has 87 heavy (non-hydrogen) atoms. The SMILES string of the molecule is Cc1ncsc1-c1ccc(CNC(=O)[C@@H]2C[C@@H](O)CN2C(=O)C(NC(=O)CCOCCOCCOCCOCCOCCC(=O)NCCc2cccc(-c3ccc4nc(-c5cccnc5N)n(-c5ccc(C6(N)CCC6)cc5)c4n3)c2)C(C)(C)C)cc1. The van der Waals surface area contributed by atoms with Crippen molar-refractivity contribution >= 4 is 51.9 Å². The van der Waals surface area contributed by atoms with Gasteiger partial charge in [0.1, 0.15) is 23.4 Å². The number of aliphatic hydroxyl groups is 1. The molecule has 0 radical (unpaired) electrons. The van der Waals surface area contributed by atoms with Gasteiger partial charge in [-0.05, 0) is 103 Å². The number of imidazole rings is 1. The van der Waals surface area contributed by atoms with Crippen LogP contribution in [0.3, 0.4) is 0 Å². The monoisotopic (exact) mass is 1210 g/mol. The number of ether oxygens (including phenoxy) is 5. The molecule has 3 atom stereocenters. The van der Waals surface area contributed by atoms with Gasteiger partial charge >= 0.3 is 0 Å². The zero-order chi connectivity index (χ0) is 61.3. The first-order valence-corrected chi connectivity index (χ1v) is 30.7. The van der Waals surface area contributed by atoms with Crippen LogP contribution in [0.5, 0.6) is 0 Å². The van der Waals surface area contributed by atoms with Gasteiger partial charge in [-0.15, -0.1) is 11.3 Å². The number of aryl methyl sites for hydroxylation is 1. The third-order valence-electron chi connectivity index (χ3n) is 15.6. The van der Waals surface area contributed by atoms with Crippen molar-refractivity contribution in [2.75, 3.05) is 84.9 Å². The van der Waals surface area contributed by atoms with Crippen LogP contribution in [0.4, 0.5) is 5.82 Å². The number of nitrogens with two attached hydrogens (primary N) is 2. The van der Waals surface area contributed by atoms with Crippen LogP contribution in [0.1, 0.15) is 81.7 Å². The number of likely N-dealkylation sites (tertiary alicyclic amines) is 1. The number of thiazole rings is 1. The van der Waals surface area contributed by atoms with Gasteiger partial charge in [-0.25, -0.2) is 19.9 Å². The molecular formula is C65H81N11O10S. The lowest BCUT2D eigenvalue weighted by atomic mass is 9.73. The number of aliphatic hydroxyl groups excluding tert-OH is 1. The van der Waals surface area contributed by atoms with Crippen LogP contribution in [0.25, 0.3) is 49.9 Å². The van der Waals surface area contributed by atoms with Crippen molar-refractivity contribution in [1.29, 1.82) is 0 Å². The molecule has 462 valence electrons. The predicted octanol–water partition coefficient (Wildman–Crippen LogP) is 6.83. The fraction of sp³-hybridized carbons (Fsp3) is 0.446. The van der Waals surface area contributed by atoms with E-state index in [1.54, 1.807) is 17.5 Å². The second kappa shape index (κ2) is 30.4. The smallest absolute Gasteiger partial charge is 0.246 e. The zero-order valence-corrected chi connectivity index (χ0v) is 51.0. The number of nitrogens with zero attached hydrogens (tertiary/aromatic N) is 6. The van der Waals surface area contributed by atoms with E-state index in [4.69, 9.17) is 45.1 Å². The van der Waals surface area contributed by atoms with Crippen molar-refractivity contribution in [3.05, 3.63) is 131 Å². The number of rotatable bonds is 31. The van der Waals surface area contributed by atoms with Crippen LogP contribution in [0, 0.1) is 12.3 Å². The number of amides is 4. The molecule has 7 aromatic rings. The fourth-order valence-corrected chi connectivity index (χ4v) is 11.4. The highest BCUT2D eigenvalue weighted by Gasteiger charge is 2.44. The second-order valence-electron chi connectivity index (χ2n) is 23.1. The van der Waals surface area contributed by atoms with Crippen LogP contribution in [0.2, 0.25) is 0 Å². The fourth-order valence-electron chi connectivity index (χ4n) is 10.6. The lowest BCUT2D eigenvalue weighted by Gasteiger charge is -2.38. The zero-order valence-electron chi connectivity index (χ0n) is 50.1. The van der Waals surface area contributed by atoms with Crippen molar-refractivity contribution < 1.29 is 48.0 Å². The Balaban J connectivity index is 0.594. The third kappa shape index (κ3) is 17.2. The summed E-state index contributed by atoms with van der Waals surface area (Å²) in [5, 5.41) is 19.4. The molecule has 2 aliphatic rings. The van der Waals surface area contributed by atoms with Crippen molar-refractivity contribution in [2.24, 2.45) is 11.1 Å². The van der Waals surface area contributed by atoms with Gasteiger partial charge in [0.15, 0.2) is 11.5 Å². The number of β-amino-alcohol motifs (C(OH)–C–C–N with tert-alkyl or cyclic N) is 1. The molecule has 9 rings (SSSR count). The molecule has 0 spiro atoms. The summed E-state index contributed by atoms with van der Waals surface area (Å²) in [6, 6.07) is 30.2. The van der Waals surface area contributed by atoms with Crippen LogP contribution in [0.15, 0.2) is 109 Å². The first-order chi connectivity index (χ1) is 42.0. The van der Waals surface area contributed by atoms with Gasteiger partial charge in [0.2, 0.25) is 23.6 Å². The summed E-state index contributed by atoms with van der Waals surface area (Å²) >= 11 is 1.57. The van der Waals surface area contributed by atoms with Crippen LogP contribution in [-0.4, -0.2) is 155 Å². The highest BCUT2D eigenvalue weighted by atomic mass is 32.1. The minimum Gasteiger partial charge on any atom is -0.391 e. The van der Waals surface area contributed by atoms with E-state index in [1.807, 2.05) is 105 Å². The minimum absolute atomic E-state index is 0.0117. The number of benzene rings is 3. The molecule has 5 heterocycles. The predicted molar refractivity (Wildman–Crippen MR) is 333 cm³/mol.